The van der Waals surface area contributed by atoms with Gasteiger partial charge in [-0.15, -0.1) is 0 Å². The Labute approximate surface area is 199 Å². The Balaban J connectivity index is 1.34. The first-order valence-electron chi connectivity index (χ1n) is 12.6. The highest BCUT2D eigenvalue weighted by molar-refractivity contribution is 5.99. The van der Waals surface area contributed by atoms with Crippen LogP contribution in [0.3, 0.4) is 0 Å². The van der Waals surface area contributed by atoms with E-state index < -0.39 is 11.3 Å². The van der Waals surface area contributed by atoms with Crippen LogP contribution in [-0.2, 0) is 11.2 Å². The van der Waals surface area contributed by atoms with Crippen molar-refractivity contribution in [3.63, 3.8) is 0 Å². The molecule has 180 valence electrons. The lowest BCUT2D eigenvalue weighted by atomic mass is 9.97. The van der Waals surface area contributed by atoms with Gasteiger partial charge in [0.1, 0.15) is 17.2 Å². The summed E-state index contributed by atoms with van der Waals surface area (Å²) in [5.41, 5.74) is 1.86. The lowest BCUT2D eigenvalue weighted by Gasteiger charge is -2.26. The number of hydrogen-bond acceptors (Lipinski definition) is 4. The van der Waals surface area contributed by atoms with Gasteiger partial charge in [0.05, 0.1) is 6.61 Å². The van der Waals surface area contributed by atoms with E-state index in [0.717, 1.165) is 50.5 Å². The van der Waals surface area contributed by atoms with Gasteiger partial charge >= 0.3 is 0 Å². The lowest BCUT2D eigenvalue weighted by molar-refractivity contribution is 0.0411. The van der Waals surface area contributed by atoms with Crippen LogP contribution in [0.4, 0.5) is 0 Å². The zero-order valence-corrected chi connectivity index (χ0v) is 19.6. The summed E-state index contributed by atoms with van der Waals surface area (Å²) < 4.78 is 7.75. The van der Waals surface area contributed by atoms with Gasteiger partial charge in [-0.05, 0) is 43.2 Å². The van der Waals surface area contributed by atoms with Gasteiger partial charge in [-0.1, -0.05) is 49.9 Å². The number of hydrogen-bond donors (Lipinski definition) is 2. The highest BCUT2D eigenvalue weighted by Gasteiger charge is 2.28. The lowest BCUT2D eigenvalue weighted by Crippen LogP contribution is -2.40. The third-order valence-corrected chi connectivity index (χ3v) is 7.23. The van der Waals surface area contributed by atoms with Crippen LogP contribution >= 0.6 is 0 Å². The van der Waals surface area contributed by atoms with Gasteiger partial charge in [0.25, 0.3) is 11.8 Å². The Morgan fingerprint density at radius 2 is 1.65 bits per heavy atom. The van der Waals surface area contributed by atoms with E-state index in [4.69, 9.17) is 4.74 Å². The Kier molecular flexibility index (Phi) is 6.81. The predicted octanol–water partition coefficient (Wildman–Crippen LogP) is 3.68. The molecule has 2 saturated carbocycles. The molecule has 2 amide bonds. The number of benzene rings is 1. The fraction of sp³-hybridized carbons (Fsp3) is 0.519. The van der Waals surface area contributed by atoms with E-state index in [-0.39, 0.29) is 41.8 Å². The van der Waals surface area contributed by atoms with E-state index in [1.807, 2.05) is 22.8 Å². The van der Waals surface area contributed by atoms with Crippen molar-refractivity contribution >= 4 is 11.8 Å². The summed E-state index contributed by atoms with van der Waals surface area (Å²) in [5.74, 6) is -0.833. The standard InChI is InChI=1S/C27H33N3O4/c31-25-22(26(32)28-15-24-21-10-6-5-7-18(21)13-14-34-24)16-30(20-11-12-20)17-23(25)27(33)29-19-8-3-1-2-4-9-19/h5-7,10,16-17,19-20,24H,1-4,8-9,11-15H2,(H,28,32)(H,29,33)/t24-/m1/s1. The SMILES string of the molecule is O=C(NC[C@H]1OCCc2ccccc21)c1cn(C2CC2)cc(C(=O)NC2CCCCCC2)c1=O. The minimum Gasteiger partial charge on any atom is -0.371 e. The number of fused-ring (bicyclic) bond motifs is 1. The molecule has 0 spiro atoms. The summed E-state index contributed by atoms with van der Waals surface area (Å²) >= 11 is 0. The quantitative estimate of drug-likeness (QED) is 0.640. The molecule has 7 heteroatoms. The van der Waals surface area contributed by atoms with Gasteiger partial charge in [-0.3, -0.25) is 14.4 Å². The summed E-state index contributed by atoms with van der Waals surface area (Å²) in [4.78, 5) is 39.4. The van der Waals surface area contributed by atoms with Crippen LogP contribution < -0.4 is 16.1 Å². The van der Waals surface area contributed by atoms with Gasteiger partial charge in [0.15, 0.2) is 0 Å². The molecule has 0 saturated heterocycles. The average Bonchev–Trinajstić information content (AvgIpc) is 3.71. The highest BCUT2D eigenvalue weighted by Crippen LogP contribution is 2.34. The predicted molar refractivity (Wildman–Crippen MR) is 129 cm³/mol. The zero-order valence-electron chi connectivity index (χ0n) is 19.6. The minimum atomic E-state index is -0.509. The van der Waals surface area contributed by atoms with Crippen LogP contribution in [-0.4, -0.2) is 35.6 Å². The molecule has 0 bridgehead atoms. The second kappa shape index (κ2) is 10.1. The third-order valence-electron chi connectivity index (χ3n) is 7.23. The molecule has 2 aliphatic carbocycles. The Morgan fingerprint density at radius 1 is 0.941 bits per heavy atom. The van der Waals surface area contributed by atoms with Gasteiger partial charge in [-0.2, -0.15) is 0 Å². The fourth-order valence-electron chi connectivity index (χ4n) is 5.12. The summed E-state index contributed by atoms with van der Waals surface area (Å²) in [6.45, 7) is 0.875. The average molecular weight is 464 g/mol. The molecule has 7 nitrogen and oxygen atoms in total. The molecular formula is C27H33N3O4. The van der Waals surface area contributed by atoms with E-state index in [2.05, 4.69) is 16.7 Å². The largest absolute Gasteiger partial charge is 0.371 e. The molecule has 0 radical (unpaired) electrons. The van der Waals surface area contributed by atoms with Crippen LogP contribution in [0.2, 0.25) is 0 Å². The molecule has 2 N–H and O–H groups in total. The molecular weight excluding hydrogens is 430 g/mol. The number of amides is 2. The molecule has 1 aromatic carbocycles. The van der Waals surface area contributed by atoms with Crippen LogP contribution in [0, 0.1) is 0 Å². The van der Waals surface area contributed by atoms with Gasteiger partial charge in [-0.25, -0.2) is 0 Å². The fourth-order valence-corrected chi connectivity index (χ4v) is 5.12. The molecule has 1 aromatic heterocycles. The van der Waals surface area contributed by atoms with Crippen molar-refractivity contribution in [3.05, 3.63) is 69.1 Å². The van der Waals surface area contributed by atoms with Crippen LogP contribution in [0.1, 0.15) is 95.4 Å². The zero-order chi connectivity index (χ0) is 23.5. The number of carbonyl (C=O) groups is 2. The van der Waals surface area contributed by atoms with Crippen molar-refractivity contribution in [3.8, 4) is 0 Å². The monoisotopic (exact) mass is 463 g/mol. The molecule has 2 aromatic rings. The van der Waals surface area contributed by atoms with Crippen molar-refractivity contribution in [2.75, 3.05) is 13.2 Å². The minimum absolute atomic E-state index is 0.0181. The smallest absolute Gasteiger partial charge is 0.256 e. The summed E-state index contributed by atoms with van der Waals surface area (Å²) in [7, 11) is 0. The van der Waals surface area contributed by atoms with Gasteiger partial charge in [0.2, 0.25) is 5.43 Å². The van der Waals surface area contributed by atoms with Crippen molar-refractivity contribution in [1.82, 2.24) is 15.2 Å². The maximum absolute atomic E-state index is 13.2. The van der Waals surface area contributed by atoms with Gasteiger partial charge in [0, 0.05) is 31.0 Å². The molecule has 3 aliphatic rings. The molecule has 2 heterocycles. The van der Waals surface area contributed by atoms with Crippen LogP contribution in [0.5, 0.6) is 0 Å². The second-order valence-electron chi connectivity index (χ2n) is 9.77. The van der Waals surface area contributed by atoms with Crippen molar-refractivity contribution < 1.29 is 14.3 Å². The summed E-state index contributed by atoms with van der Waals surface area (Å²) in [6, 6.07) is 8.40. The Hall–Kier alpha value is -2.93. The van der Waals surface area contributed by atoms with Crippen molar-refractivity contribution in [1.29, 1.82) is 0 Å². The third kappa shape index (κ3) is 5.09. The van der Waals surface area contributed by atoms with Crippen LogP contribution in [0.25, 0.3) is 0 Å². The molecule has 5 rings (SSSR count). The normalized spacial score (nSPS) is 20.8. The van der Waals surface area contributed by atoms with E-state index in [0.29, 0.717) is 6.61 Å². The first kappa shape index (κ1) is 22.8. The maximum Gasteiger partial charge on any atom is 0.256 e. The molecule has 34 heavy (non-hydrogen) atoms. The first-order chi connectivity index (χ1) is 16.6. The van der Waals surface area contributed by atoms with E-state index in [1.54, 1.807) is 12.4 Å². The molecule has 1 atom stereocenters. The van der Waals surface area contributed by atoms with Crippen LogP contribution in [0.15, 0.2) is 41.5 Å². The number of ether oxygens (including phenoxy) is 1. The molecule has 0 unspecified atom stereocenters. The Bertz CT molecular complexity index is 1110. The molecule has 1 aliphatic heterocycles. The topological polar surface area (TPSA) is 89.4 Å². The number of aromatic nitrogens is 1. The van der Waals surface area contributed by atoms with E-state index in [1.165, 1.54) is 18.4 Å². The first-order valence-corrected chi connectivity index (χ1v) is 12.6. The number of nitrogens with zero attached hydrogens (tertiary/aromatic N) is 1. The second-order valence-corrected chi connectivity index (χ2v) is 9.77. The van der Waals surface area contributed by atoms with Crippen molar-refractivity contribution in [2.45, 2.75) is 76.0 Å². The number of nitrogens with one attached hydrogen (secondary N) is 2. The summed E-state index contributed by atoms with van der Waals surface area (Å²) in [6.07, 6.45) is 12.2. The number of carbonyl (C=O) groups excluding carboxylic acids is 2. The number of pyridine rings is 1. The van der Waals surface area contributed by atoms with Gasteiger partial charge < -0.3 is 19.9 Å². The molecule has 2 fully saturated rings. The van der Waals surface area contributed by atoms with E-state index >= 15 is 0 Å². The number of rotatable bonds is 6. The van der Waals surface area contributed by atoms with Crippen molar-refractivity contribution in [2.24, 2.45) is 0 Å². The van der Waals surface area contributed by atoms with E-state index in [9.17, 15) is 14.4 Å². The summed E-state index contributed by atoms with van der Waals surface area (Å²) in [5, 5.41) is 5.94. The highest BCUT2D eigenvalue weighted by atomic mass is 16.5. The Morgan fingerprint density at radius 3 is 2.38 bits per heavy atom. The maximum atomic E-state index is 13.2.